The van der Waals surface area contributed by atoms with Gasteiger partial charge in [0.2, 0.25) is 0 Å². The van der Waals surface area contributed by atoms with Crippen LogP contribution in [0.15, 0.2) is 22.9 Å². The molecule has 88 valence electrons. The summed E-state index contributed by atoms with van der Waals surface area (Å²) in [6.07, 6.45) is 1.62. The quantitative estimate of drug-likeness (QED) is 0.832. The van der Waals surface area contributed by atoms with Gasteiger partial charge in [0.1, 0.15) is 4.60 Å². The first-order valence-electron chi connectivity index (χ1n) is 4.81. The minimum Gasteiger partial charge on any atom is -0.394 e. The Balaban J connectivity index is 2.68. The van der Waals surface area contributed by atoms with Crippen LogP contribution in [-0.2, 0) is 0 Å². The molecule has 5 nitrogen and oxygen atoms in total. The number of amides is 2. The SMILES string of the molecule is CC(CO)N(C)C(=O)Nc1cccnc1Br. The molecule has 1 unspecified atom stereocenters. The summed E-state index contributed by atoms with van der Waals surface area (Å²) in [7, 11) is 1.63. The Labute approximate surface area is 103 Å². The second-order valence-electron chi connectivity index (χ2n) is 3.41. The van der Waals surface area contributed by atoms with Crippen molar-refractivity contribution in [3.8, 4) is 0 Å². The van der Waals surface area contributed by atoms with Crippen LogP contribution >= 0.6 is 15.9 Å². The van der Waals surface area contributed by atoms with Crippen molar-refractivity contribution in [2.75, 3.05) is 19.0 Å². The predicted octanol–water partition coefficient (Wildman–Crippen LogP) is 1.69. The first kappa shape index (κ1) is 12.9. The summed E-state index contributed by atoms with van der Waals surface area (Å²) in [5.74, 6) is 0. The molecular formula is C10H14BrN3O2. The second-order valence-corrected chi connectivity index (χ2v) is 4.17. The van der Waals surface area contributed by atoms with Crippen molar-refractivity contribution in [2.24, 2.45) is 0 Å². The number of likely N-dealkylation sites (N-methyl/N-ethyl adjacent to an activating group) is 1. The van der Waals surface area contributed by atoms with Crippen LogP contribution in [0.3, 0.4) is 0 Å². The topological polar surface area (TPSA) is 65.5 Å². The standard InChI is InChI=1S/C10H14BrN3O2/c1-7(6-15)14(2)10(16)13-8-4-3-5-12-9(8)11/h3-5,7,15H,6H2,1-2H3,(H,13,16). The molecular weight excluding hydrogens is 274 g/mol. The molecule has 1 heterocycles. The fourth-order valence-electron chi connectivity index (χ4n) is 1.01. The molecule has 0 aliphatic carbocycles. The van der Waals surface area contributed by atoms with Crippen LogP contribution in [0.5, 0.6) is 0 Å². The van der Waals surface area contributed by atoms with E-state index in [1.807, 2.05) is 0 Å². The Hall–Kier alpha value is -1.14. The lowest BCUT2D eigenvalue weighted by atomic mass is 10.3. The van der Waals surface area contributed by atoms with E-state index in [0.29, 0.717) is 10.3 Å². The van der Waals surface area contributed by atoms with Crippen molar-refractivity contribution in [1.82, 2.24) is 9.88 Å². The minimum absolute atomic E-state index is 0.0713. The molecule has 1 aromatic heterocycles. The maximum Gasteiger partial charge on any atom is 0.321 e. The van der Waals surface area contributed by atoms with E-state index in [2.05, 4.69) is 26.2 Å². The number of nitrogens with zero attached hydrogens (tertiary/aromatic N) is 2. The number of rotatable bonds is 3. The van der Waals surface area contributed by atoms with Gasteiger partial charge in [-0.15, -0.1) is 0 Å². The molecule has 0 fully saturated rings. The van der Waals surface area contributed by atoms with Crippen LogP contribution in [0.1, 0.15) is 6.92 Å². The molecule has 1 atom stereocenters. The summed E-state index contributed by atoms with van der Waals surface area (Å²) < 4.78 is 0.577. The molecule has 16 heavy (non-hydrogen) atoms. The number of carbonyl (C=O) groups excluding carboxylic acids is 1. The first-order chi connectivity index (χ1) is 7.56. The van der Waals surface area contributed by atoms with Gasteiger partial charge in [0.05, 0.1) is 18.3 Å². The third-order valence-corrected chi connectivity index (χ3v) is 2.88. The Morgan fingerprint density at radius 2 is 2.44 bits per heavy atom. The largest absolute Gasteiger partial charge is 0.394 e. The molecule has 0 aliphatic rings. The monoisotopic (exact) mass is 287 g/mol. The highest BCUT2D eigenvalue weighted by Crippen LogP contribution is 2.18. The summed E-state index contributed by atoms with van der Waals surface area (Å²) >= 11 is 3.23. The number of hydrogen-bond acceptors (Lipinski definition) is 3. The molecule has 2 N–H and O–H groups in total. The van der Waals surface area contributed by atoms with Crippen LogP contribution < -0.4 is 5.32 Å². The van der Waals surface area contributed by atoms with E-state index in [0.717, 1.165) is 0 Å². The number of nitrogens with one attached hydrogen (secondary N) is 1. The van der Waals surface area contributed by atoms with Gasteiger partial charge in [0, 0.05) is 13.2 Å². The van der Waals surface area contributed by atoms with Crippen LogP contribution in [-0.4, -0.2) is 40.7 Å². The number of hydrogen-bond donors (Lipinski definition) is 2. The summed E-state index contributed by atoms with van der Waals surface area (Å²) in [5, 5.41) is 11.6. The van der Waals surface area contributed by atoms with E-state index in [1.165, 1.54) is 4.90 Å². The zero-order valence-corrected chi connectivity index (χ0v) is 10.7. The lowest BCUT2D eigenvalue weighted by molar-refractivity contribution is 0.166. The van der Waals surface area contributed by atoms with Gasteiger partial charge in [-0.05, 0) is 35.0 Å². The van der Waals surface area contributed by atoms with E-state index in [1.54, 1.807) is 32.3 Å². The van der Waals surface area contributed by atoms with Gasteiger partial charge in [-0.1, -0.05) is 0 Å². The minimum atomic E-state index is -0.282. The van der Waals surface area contributed by atoms with Crippen molar-refractivity contribution < 1.29 is 9.90 Å². The Morgan fingerprint density at radius 1 is 1.75 bits per heavy atom. The Bertz CT molecular complexity index is 373. The van der Waals surface area contributed by atoms with Crippen LogP contribution in [0.2, 0.25) is 0 Å². The Morgan fingerprint density at radius 3 is 3.00 bits per heavy atom. The second kappa shape index (κ2) is 5.81. The normalized spacial score (nSPS) is 12.0. The molecule has 0 saturated carbocycles. The highest BCUT2D eigenvalue weighted by atomic mass is 79.9. The number of pyridine rings is 1. The zero-order chi connectivity index (χ0) is 12.1. The molecule has 0 saturated heterocycles. The highest BCUT2D eigenvalue weighted by molar-refractivity contribution is 9.10. The van der Waals surface area contributed by atoms with E-state index in [9.17, 15) is 4.79 Å². The van der Waals surface area contributed by atoms with Crippen LogP contribution in [0.25, 0.3) is 0 Å². The molecule has 0 radical (unpaired) electrons. The average molecular weight is 288 g/mol. The van der Waals surface area contributed by atoms with Gasteiger partial charge in [-0.3, -0.25) is 0 Å². The van der Waals surface area contributed by atoms with Crippen molar-refractivity contribution >= 4 is 27.6 Å². The number of aliphatic hydroxyl groups is 1. The van der Waals surface area contributed by atoms with Gasteiger partial charge in [0.25, 0.3) is 0 Å². The van der Waals surface area contributed by atoms with Crippen molar-refractivity contribution in [3.05, 3.63) is 22.9 Å². The number of anilines is 1. The lowest BCUT2D eigenvalue weighted by Gasteiger charge is -2.23. The van der Waals surface area contributed by atoms with Gasteiger partial charge in [0.15, 0.2) is 0 Å². The fourth-order valence-corrected chi connectivity index (χ4v) is 1.35. The summed E-state index contributed by atoms with van der Waals surface area (Å²) in [4.78, 5) is 17.1. The number of aliphatic hydroxyl groups excluding tert-OH is 1. The molecule has 0 aliphatic heterocycles. The fraction of sp³-hybridized carbons (Fsp3) is 0.400. The van der Waals surface area contributed by atoms with Gasteiger partial charge >= 0.3 is 6.03 Å². The summed E-state index contributed by atoms with van der Waals surface area (Å²) in [6.45, 7) is 1.69. The third-order valence-electron chi connectivity index (χ3n) is 2.25. The summed E-state index contributed by atoms with van der Waals surface area (Å²) in [6, 6.07) is 2.97. The van der Waals surface area contributed by atoms with E-state index < -0.39 is 0 Å². The van der Waals surface area contributed by atoms with E-state index >= 15 is 0 Å². The lowest BCUT2D eigenvalue weighted by Crippen LogP contribution is -2.40. The van der Waals surface area contributed by atoms with Gasteiger partial charge in [-0.25, -0.2) is 9.78 Å². The van der Waals surface area contributed by atoms with Gasteiger partial charge in [-0.2, -0.15) is 0 Å². The summed E-state index contributed by atoms with van der Waals surface area (Å²) in [5.41, 5.74) is 0.601. The number of halogens is 1. The van der Waals surface area contributed by atoms with E-state index in [4.69, 9.17) is 5.11 Å². The molecule has 0 spiro atoms. The number of urea groups is 1. The van der Waals surface area contributed by atoms with Crippen LogP contribution in [0, 0.1) is 0 Å². The van der Waals surface area contributed by atoms with Crippen molar-refractivity contribution in [1.29, 1.82) is 0 Å². The average Bonchev–Trinajstić information content (AvgIpc) is 2.30. The van der Waals surface area contributed by atoms with Crippen LogP contribution in [0.4, 0.5) is 10.5 Å². The van der Waals surface area contributed by atoms with Gasteiger partial charge < -0.3 is 15.3 Å². The molecule has 0 bridgehead atoms. The number of aromatic nitrogens is 1. The van der Waals surface area contributed by atoms with Crippen molar-refractivity contribution in [2.45, 2.75) is 13.0 Å². The molecule has 1 rings (SSSR count). The van der Waals surface area contributed by atoms with Crippen molar-refractivity contribution in [3.63, 3.8) is 0 Å². The zero-order valence-electron chi connectivity index (χ0n) is 9.14. The van der Waals surface area contributed by atoms with E-state index in [-0.39, 0.29) is 18.7 Å². The first-order valence-corrected chi connectivity index (χ1v) is 5.60. The molecule has 2 amide bonds. The third kappa shape index (κ3) is 3.18. The molecule has 6 heteroatoms. The highest BCUT2D eigenvalue weighted by Gasteiger charge is 2.15. The molecule has 0 aromatic carbocycles. The Kier molecular flexibility index (Phi) is 4.70. The number of carbonyl (C=O) groups is 1. The maximum atomic E-state index is 11.7. The maximum absolute atomic E-state index is 11.7. The predicted molar refractivity (Wildman–Crippen MR) is 65.3 cm³/mol. The smallest absolute Gasteiger partial charge is 0.321 e. The molecule has 1 aromatic rings.